The van der Waals surface area contributed by atoms with Gasteiger partial charge in [0.2, 0.25) is 0 Å². The quantitative estimate of drug-likeness (QED) is 0.178. The summed E-state index contributed by atoms with van der Waals surface area (Å²) in [6.45, 7) is 0. The molecular weight excluding hydrogens is 767 g/mol. The Morgan fingerprint density at radius 3 is 1.41 bits per heavy atom. The molecule has 63 heavy (non-hydrogen) atoms. The molecule has 0 aliphatic carbocycles. The average Bonchev–Trinajstić information content (AvgIpc) is 3.98. The summed E-state index contributed by atoms with van der Waals surface area (Å²) < 4.78 is 7.20. The first-order chi connectivity index (χ1) is 31.2. The van der Waals surface area contributed by atoms with Gasteiger partial charge < -0.3 is 9.13 Å². The van der Waals surface area contributed by atoms with E-state index in [4.69, 9.17) is 9.97 Å². The summed E-state index contributed by atoms with van der Waals surface area (Å²) in [6, 6.07) is 76.7. The van der Waals surface area contributed by atoms with Gasteiger partial charge in [-0.3, -0.25) is 4.57 Å². The molecule has 10 aromatic carbocycles. The number of fused-ring (bicyclic) bond motifs is 13. The largest absolute Gasteiger partial charge is 0.309 e. The molecule has 0 fully saturated rings. The maximum atomic E-state index is 5.41. The zero-order valence-corrected chi connectivity index (χ0v) is 33.9. The van der Waals surface area contributed by atoms with Crippen molar-refractivity contribution in [1.29, 1.82) is 0 Å². The van der Waals surface area contributed by atoms with Crippen LogP contribution in [0.1, 0.15) is 0 Å². The molecule has 14 aromatic rings. The van der Waals surface area contributed by atoms with Crippen LogP contribution < -0.4 is 0 Å². The van der Waals surface area contributed by atoms with E-state index in [-0.39, 0.29) is 0 Å². The van der Waals surface area contributed by atoms with E-state index in [1.807, 2.05) is 12.1 Å². The molecule has 0 aliphatic rings. The summed E-state index contributed by atoms with van der Waals surface area (Å²) >= 11 is 0. The SMILES string of the molecule is c1ccc2cc(-c3nc4ccccc4nc3-n3c4ccccc4c4cc(-n5c6ccccc6c6c7c8ccccc8n(-c8ccc9ccccc9c8)c7ccc65)ccc43)ccc2c1. The molecule has 292 valence electrons. The summed E-state index contributed by atoms with van der Waals surface area (Å²) in [7, 11) is 0. The topological polar surface area (TPSA) is 40.6 Å². The molecule has 4 aromatic heterocycles. The van der Waals surface area contributed by atoms with Crippen LogP contribution in [0.5, 0.6) is 0 Å². The highest BCUT2D eigenvalue weighted by Crippen LogP contribution is 2.44. The van der Waals surface area contributed by atoms with Crippen molar-refractivity contribution in [2.75, 3.05) is 0 Å². The van der Waals surface area contributed by atoms with Crippen LogP contribution in [0.25, 0.3) is 126 Å². The summed E-state index contributed by atoms with van der Waals surface area (Å²) in [4.78, 5) is 10.8. The zero-order valence-electron chi connectivity index (χ0n) is 33.9. The van der Waals surface area contributed by atoms with Gasteiger partial charge in [-0.15, -0.1) is 0 Å². The predicted octanol–water partition coefficient (Wildman–Crippen LogP) is 14.9. The number of rotatable bonds is 4. The van der Waals surface area contributed by atoms with Crippen LogP contribution in [-0.4, -0.2) is 23.7 Å². The van der Waals surface area contributed by atoms with Gasteiger partial charge in [0.05, 0.1) is 44.1 Å². The molecule has 0 amide bonds. The van der Waals surface area contributed by atoms with Gasteiger partial charge in [-0.05, 0) is 100 Å². The maximum absolute atomic E-state index is 5.41. The monoisotopic (exact) mass is 801 g/mol. The van der Waals surface area contributed by atoms with E-state index < -0.39 is 0 Å². The zero-order chi connectivity index (χ0) is 41.2. The van der Waals surface area contributed by atoms with Crippen LogP contribution in [0.4, 0.5) is 0 Å². The predicted molar refractivity (Wildman–Crippen MR) is 263 cm³/mol. The Labute approximate surface area is 360 Å². The standard InChI is InChI=1S/C58H35N5/c1-3-15-38-33-40(26-25-36(38)13-1)57-58(60-48-21-9-8-20-47(48)59-57)63-49-22-10-5-17-43(49)46-35-42(29-30-52(46)63)62-51-24-12-7-19-45(51)56-54(62)32-31-53-55(56)44-18-6-11-23-50(44)61(53)41-28-27-37-14-2-4-16-39(37)34-41/h1-35H. The Bertz CT molecular complexity index is 4220. The van der Waals surface area contributed by atoms with Crippen molar-refractivity contribution in [3.63, 3.8) is 0 Å². The summed E-state index contributed by atoms with van der Waals surface area (Å²) in [5, 5.41) is 12.1. The van der Waals surface area contributed by atoms with Gasteiger partial charge in [0.1, 0.15) is 5.69 Å². The Hall–Kier alpha value is -8.54. The second kappa shape index (κ2) is 13.0. The van der Waals surface area contributed by atoms with Crippen LogP contribution in [0, 0.1) is 0 Å². The van der Waals surface area contributed by atoms with E-state index in [1.54, 1.807) is 0 Å². The average molecular weight is 802 g/mol. The van der Waals surface area contributed by atoms with Crippen molar-refractivity contribution < 1.29 is 0 Å². The summed E-state index contributed by atoms with van der Waals surface area (Å²) in [5.74, 6) is 0.810. The molecule has 0 N–H and O–H groups in total. The van der Waals surface area contributed by atoms with Crippen molar-refractivity contribution in [3.05, 3.63) is 212 Å². The normalized spacial score (nSPS) is 12.1. The lowest BCUT2D eigenvalue weighted by atomic mass is 10.0. The lowest BCUT2D eigenvalue weighted by Gasteiger charge is -2.14. The van der Waals surface area contributed by atoms with Gasteiger partial charge in [0, 0.05) is 49.3 Å². The molecule has 0 saturated heterocycles. The van der Waals surface area contributed by atoms with Crippen molar-refractivity contribution in [2.24, 2.45) is 0 Å². The van der Waals surface area contributed by atoms with Crippen LogP contribution in [0.15, 0.2) is 212 Å². The Morgan fingerprint density at radius 2 is 0.746 bits per heavy atom. The van der Waals surface area contributed by atoms with Crippen LogP contribution in [0.3, 0.4) is 0 Å². The van der Waals surface area contributed by atoms with Crippen molar-refractivity contribution in [1.82, 2.24) is 23.7 Å². The number of para-hydroxylation sites is 5. The van der Waals surface area contributed by atoms with E-state index in [2.05, 4.69) is 214 Å². The van der Waals surface area contributed by atoms with Gasteiger partial charge in [-0.1, -0.05) is 133 Å². The fraction of sp³-hybridized carbons (Fsp3) is 0. The van der Waals surface area contributed by atoms with E-state index in [1.165, 1.54) is 65.2 Å². The van der Waals surface area contributed by atoms with Crippen LogP contribution in [-0.2, 0) is 0 Å². The van der Waals surface area contributed by atoms with Gasteiger partial charge in [0.25, 0.3) is 0 Å². The lowest BCUT2D eigenvalue weighted by molar-refractivity contribution is 1.08. The first kappa shape index (κ1) is 34.2. The molecule has 0 atom stereocenters. The van der Waals surface area contributed by atoms with E-state index in [9.17, 15) is 0 Å². The number of benzene rings is 10. The van der Waals surface area contributed by atoms with Crippen molar-refractivity contribution in [2.45, 2.75) is 0 Å². The molecule has 14 rings (SSSR count). The molecule has 0 unspecified atom stereocenters. The van der Waals surface area contributed by atoms with Gasteiger partial charge in [-0.2, -0.15) is 0 Å². The minimum absolute atomic E-state index is 0.810. The second-order valence-corrected chi connectivity index (χ2v) is 16.6. The fourth-order valence-electron chi connectivity index (χ4n) is 10.4. The Balaban J connectivity index is 1.02. The van der Waals surface area contributed by atoms with Gasteiger partial charge in [0.15, 0.2) is 5.82 Å². The highest BCUT2D eigenvalue weighted by Gasteiger charge is 2.23. The molecule has 5 heteroatoms. The minimum Gasteiger partial charge on any atom is -0.309 e. The molecule has 0 aliphatic heterocycles. The third-order valence-corrected chi connectivity index (χ3v) is 13.2. The van der Waals surface area contributed by atoms with E-state index in [0.717, 1.165) is 61.3 Å². The number of hydrogen-bond donors (Lipinski definition) is 0. The Morgan fingerprint density at radius 1 is 0.286 bits per heavy atom. The number of nitrogens with zero attached hydrogens (tertiary/aromatic N) is 5. The molecule has 5 nitrogen and oxygen atoms in total. The van der Waals surface area contributed by atoms with Gasteiger partial charge in [-0.25, -0.2) is 9.97 Å². The highest BCUT2D eigenvalue weighted by atomic mass is 15.1. The second-order valence-electron chi connectivity index (χ2n) is 16.6. The molecule has 0 bridgehead atoms. The summed E-state index contributed by atoms with van der Waals surface area (Å²) in [6.07, 6.45) is 0. The summed E-state index contributed by atoms with van der Waals surface area (Å²) in [5.41, 5.74) is 12.8. The Kier molecular flexibility index (Phi) is 7.05. The smallest absolute Gasteiger partial charge is 0.165 e. The number of hydrogen-bond acceptors (Lipinski definition) is 2. The van der Waals surface area contributed by atoms with Crippen molar-refractivity contribution >= 4 is 98.0 Å². The van der Waals surface area contributed by atoms with Crippen LogP contribution >= 0.6 is 0 Å². The van der Waals surface area contributed by atoms with Crippen LogP contribution in [0.2, 0.25) is 0 Å². The molecular formula is C58H35N5. The third-order valence-electron chi connectivity index (χ3n) is 13.2. The third kappa shape index (κ3) is 4.93. The van der Waals surface area contributed by atoms with Crippen molar-refractivity contribution in [3.8, 4) is 28.5 Å². The van der Waals surface area contributed by atoms with E-state index in [0.29, 0.717) is 0 Å². The first-order valence-corrected chi connectivity index (χ1v) is 21.5. The highest BCUT2D eigenvalue weighted by molar-refractivity contribution is 6.29. The maximum Gasteiger partial charge on any atom is 0.165 e. The molecule has 0 saturated carbocycles. The fourth-order valence-corrected chi connectivity index (χ4v) is 10.4. The minimum atomic E-state index is 0.810. The molecule has 4 heterocycles. The van der Waals surface area contributed by atoms with Gasteiger partial charge >= 0.3 is 0 Å². The first-order valence-electron chi connectivity index (χ1n) is 21.5. The molecule has 0 spiro atoms. The van der Waals surface area contributed by atoms with E-state index >= 15 is 0 Å². The lowest BCUT2D eigenvalue weighted by Crippen LogP contribution is -2.04. The molecule has 0 radical (unpaired) electrons. The number of aromatic nitrogens is 5.